The van der Waals surface area contributed by atoms with Gasteiger partial charge in [0, 0.05) is 11.8 Å². The molecule has 2 saturated carbocycles. The summed E-state index contributed by atoms with van der Waals surface area (Å²) in [6.07, 6.45) is 23.0. The van der Waals surface area contributed by atoms with Crippen molar-refractivity contribution in [3.05, 3.63) is 24.3 Å². The predicted molar refractivity (Wildman–Crippen MR) is 101 cm³/mol. The summed E-state index contributed by atoms with van der Waals surface area (Å²) in [6.45, 7) is 0.566. The van der Waals surface area contributed by atoms with Crippen LogP contribution in [0.2, 0.25) is 0 Å². The van der Waals surface area contributed by atoms with Crippen LogP contribution in [-0.2, 0) is 9.59 Å². The fourth-order valence-corrected chi connectivity index (χ4v) is 4.70. The Kier molecular flexibility index (Phi) is 5.84. The smallest absolute Gasteiger partial charge is 0.224 e. The molecule has 0 heterocycles. The van der Waals surface area contributed by atoms with E-state index >= 15 is 0 Å². The Bertz CT molecular complexity index is 634. The van der Waals surface area contributed by atoms with Crippen molar-refractivity contribution in [2.75, 3.05) is 13.1 Å². The highest BCUT2D eigenvalue weighted by Crippen LogP contribution is 2.44. The first kappa shape index (κ1) is 18.3. The molecule has 0 aliphatic heterocycles. The number of hydrogen-bond acceptors (Lipinski definition) is 2. The van der Waals surface area contributed by atoms with E-state index in [4.69, 9.17) is 12.8 Å². The topological polar surface area (TPSA) is 58.2 Å². The summed E-state index contributed by atoms with van der Waals surface area (Å²) in [6, 6.07) is 0. The fraction of sp³-hybridized carbons (Fsp3) is 0.545. The molecule has 3 aliphatic rings. The van der Waals surface area contributed by atoms with Crippen molar-refractivity contribution in [1.29, 1.82) is 0 Å². The van der Waals surface area contributed by atoms with Gasteiger partial charge in [-0.3, -0.25) is 9.59 Å². The largest absolute Gasteiger partial charge is 0.345 e. The van der Waals surface area contributed by atoms with Gasteiger partial charge in [-0.15, -0.1) is 12.8 Å². The van der Waals surface area contributed by atoms with Crippen molar-refractivity contribution in [2.45, 2.75) is 25.7 Å². The van der Waals surface area contributed by atoms with Gasteiger partial charge < -0.3 is 10.6 Å². The molecule has 6 unspecified atom stereocenters. The summed E-state index contributed by atoms with van der Waals surface area (Å²) >= 11 is 0. The first-order valence-corrected chi connectivity index (χ1v) is 9.41. The van der Waals surface area contributed by atoms with Gasteiger partial charge in [-0.1, -0.05) is 36.1 Å². The van der Waals surface area contributed by atoms with Gasteiger partial charge in [0.1, 0.15) is 0 Å². The van der Waals surface area contributed by atoms with Crippen molar-refractivity contribution < 1.29 is 9.59 Å². The summed E-state index contributed by atoms with van der Waals surface area (Å²) in [5.74, 6) is 6.25. The van der Waals surface area contributed by atoms with Crippen LogP contribution in [0.15, 0.2) is 24.3 Å². The third-order valence-corrected chi connectivity index (χ3v) is 5.96. The summed E-state index contributed by atoms with van der Waals surface area (Å²) in [4.78, 5) is 24.8. The van der Waals surface area contributed by atoms with E-state index in [-0.39, 0.29) is 48.6 Å². The molecule has 136 valence electrons. The average Bonchev–Trinajstić information content (AvgIpc) is 3.23. The van der Waals surface area contributed by atoms with Gasteiger partial charge in [0.25, 0.3) is 0 Å². The molecule has 0 radical (unpaired) electrons. The molecular weight excluding hydrogens is 324 g/mol. The van der Waals surface area contributed by atoms with E-state index in [1.54, 1.807) is 0 Å². The highest BCUT2D eigenvalue weighted by atomic mass is 16.2. The standard InChI is InChI=1S/C22H26N2O2/c1-3-9-23-21(25)19-13-15-6-8-18-12-16(5-7-17(19)11-15)14-20(18)22(26)24-10-4-2/h1-2,5-8,15-20H,9-14H2,(H,23,25)(H,24,26)/b7-5-,8-6-. The number of allylic oxidation sites excluding steroid dienone is 4. The van der Waals surface area contributed by atoms with Gasteiger partial charge in [-0.05, 0) is 49.4 Å². The lowest BCUT2D eigenvalue weighted by Crippen LogP contribution is -2.32. The fourth-order valence-electron chi connectivity index (χ4n) is 4.70. The lowest BCUT2D eigenvalue weighted by atomic mass is 9.92. The van der Waals surface area contributed by atoms with Gasteiger partial charge >= 0.3 is 0 Å². The lowest BCUT2D eigenvalue weighted by molar-refractivity contribution is -0.126. The van der Waals surface area contributed by atoms with Crippen LogP contribution in [0.4, 0.5) is 0 Å². The minimum absolute atomic E-state index is 0.0133. The third-order valence-electron chi connectivity index (χ3n) is 5.96. The number of amides is 2. The summed E-state index contributed by atoms with van der Waals surface area (Å²) < 4.78 is 0. The number of carbonyl (C=O) groups is 2. The number of rotatable bonds is 4. The predicted octanol–water partition coefficient (Wildman–Crippen LogP) is 1.90. The van der Waals surface area contributed by atoms with Gasteiger partial charge in [-0.25, -0.2) is 0 Å². The molecular formula is C22H26N2O2. The van der Waals surface area contributed by atoms with E-state index in [1.165, 1.54) is 0 Å². The molecule has 2 fully saturated rings. The monoisotopic (exact) mass is 350 g/mol. The van der Waals surface area contributed by atoms with Crippen molar-refractivity contribution in [1.82, 2.24) is 10.6 Å². The minimum atomic E-state index is -0.0133. The maximum Gasteiger partial charge on any atom is 0.224 e. The van der Waals surface area contributed by atoms with Gasteiger partial charge in [0.15, 0.2) is 0 Å². The van der Waals surface area contributed by atoms with Crippen LogP contribution in [0.3, 0.4) is 0 Å². The average molecular weight is 350 g/mol. The Labute approximate surface area is 155 Å². The van der Waals surface area contributed by atoms with E-state index in [2.05, 4.69) is 46.8 Å². The molecule has 4 bridgehead atoms. The molecule has 3 aliphatic carbocycles. The van der Waals surface area contributed by atoms with Crippen LogP contribution in [0.1, 0.15) is 25.7 Å². The van der Waals surface area contributed by atoms with Crippen LogP contribution >= 0.6 is 0 Å². The molecule has 4 nitrogen and oxygen atoms in total. The van der Waals surface area contributed by atoms with E-state index in [0.717, 1.165) is 25.7 Å². The number of terminal acetylenes is 2. The SMILES string of the molecule is C#CCNC(=O)C1CC2/C=C\C3CC(/C=C\C1C2)CC3C(=O)NCC#C. The second-order valence-corrected chi connectivity index (χ2v) is 7.62. The maximum atomic E-state index is 12.4. The van der Waals surface area contributed by atoms with Crippen LogP contribution in [0.5, 0.6) is 0 Å². The highest BCUT2D eigenvalue weighted by Gasteiger charge is 2.40. The molecule has 2 N–H and O–H groups in total. The quantitative estimate of drug-likeness (QED) is 0.601. The van der Waals surface area contributed by atoms with Crippen LogP contribution in [0.25, 0.3) is 0 Å². The van der Waals surface area contributed by atoms with Crippen LogP contribution in [-0.4, -0.2) is 24.9 Å². The molecule has 26 heavy (non-hydrogen) atoms. The van der Waals surface area contributed by atoms with Gasteiger partial charge in [0.05, 0.1) is 13.1 Å². The van der Waals surface area contributed by atoms with Crippen molar-refractivity contribution >= 4 is 11.8 Å². The third kappa shape index (κ3) is 4.02. The molecule has 0 aromatic carbocycles. The van der Waals surface area contributed by atoms with Gasteiger partial charge in [-0.2, -0.15) is 0 Å². The minimum Gasteiger partial charge on any atom is -0.345 e. The van der Waals surface area contributed by atoms with Crippen molar-refractivity contribution in [3.8, 4) is 24.7 Å². The van der Waals surface area contributed by atoms with Crippen molar-refractivity contribution in [2.24, 2.45) is 35.5 Å². The lowest BCUT2D eigenvalue weighted by Gasteiger charge is -2.16. The van der Waals surface area contributed by atoms with Crippen LogP contribution in [0, 0.1) is 60.2 Å². The Morgan fingerprint density at radius 1 is 0.769 bits per heavy atom. The Hall–Kier alpha value is -2.46. The Morgan fingerprint density at radius 3 is 1.58 bits per heavy atom. The Morgan fingerprint density at radius 2 is 1.19 bits per heavy atom. The first-order valence-electron chi connectivity index (χ1n) is 9.41. The zero-order chi connectivity index (χ0) is 18.5. The highest BCUT2D eigenvalue weighted by molar-refractivity contribution is 5.80. The second kappa shape index (κ2) is 8.28. The molecule has 0 aromatic heterocycles. The molecule has 3 rings (SSSR count). The van der Waals surface area contributed by atoms with E-state index in [9.17, 15) is 9.59 Å². The van der Waals surface area contributed by atoms with Crippen LogP contribution < -0.4 is 10.6 Å². The molecule has 4 heteroatoms. The number of carbonyl (C=O) groups excluding carboxylic acids is 2. The maximum absolute atomic E-state index is 12.4. The molecule has 0 spiro atoms. The van der Waals surface area contributed by atoms with E-state index < -0.39 is 0 Å². The molecule has 0 saturated heterocycles. The zero-order valence-corrected chi connectivity index (χ0v) is 15.0. The summed E-state index contributed by atoms with van der Waals surface area (Å²) in [5, 5.41) is 5.66. The van der Waals surface area contributed by atoms with Crippen molar-refractivity contribution in [3.63, 3.8) is 0 Å². The number of hydrogen-bond donors (Lipinski definition) is 2. The molecule has 6 atom stereocenters. The second-order valence-electron chi connectivity index (χ2n) is 7.62. The zero-order valence-electron chi connectivity index (χ0n) is 15.0. The summed E-state index contributed by atoms with van der Waals surface area (Å²) in [7, 11) is 0. The Balaban J connectivity index is 1.72. The van der Waals surface area contributed by atoms with E-state index in [0.29, 0.717) is 11.8 Å². The summed E-state index contributed by atoms with van der Waals surface area (Å²) in [5.41, 5.74) is 0. The number of nitrogens with one attached hydrogen (secondary N) is 2. The molecule has 0 aromatic rings. The molecule has 2 amide bonds. The van der Waals surface area contributed by atoms with E-state index in [1.807, 2.05) is 0 Å². The first-order chi connectivity index (χ1) is 12.6. The van der Waals surface area contributed by atoms with Gasteiger partial charge in [0.2, 0.25) is 11.8 Å². The number of fused-ring (bicyclic) bond motifs is 4. The normalized spacial score (nSPS) is 37.0.